The maximum absolute atomic E-state index is 13.0. The Labute approximate surface area is 159 Å². The smallest absolute Gasteiger partial charge is 0.183 e. The van der Waals surface area contributed by atoms with Crippen molar-refractivity contribution in [3.05, 3.63) is 64.7 Å². The molecular formula is C18H20ClNO4S2. The van der Waals surface area contributed by atoms with E-state index < -0.39 is 31.0 Å². The number of hydrogen-bond acceptors (Lipinski definition) is 5. The molecule has 1 heterocycles. The van der Waals surface area contributed by atoms with Crippen LogP contribution in [-0.2, 0) is 26.2 Å². The first kappa shape index (κ1) is 19.4. The van der Waals surface area contributed by atoms with Crippen molar-refractivity contribution in [1.82, 2.24) is 5.32 Å². The van der Waals surface area contributed by atoms with Crippen molar-refractivity contribution in [3.63, 3.8) is 0 Å². The summed E-state index contributed by atoms with van der Waals surface area (Å²) in [6.45, 7) is 2.24. The molecule has 8 heteroatoms. The van der Waals surface area contributed by atoms with Crippen LogP contribution >= 0.6 is 11.6 Å². The zero-order valence-corrected chi connectivity index (χ0v) is 16.6. The molecule has 5 nitrogen and oxygen atoms in total. The molecule has 3 rings (SSSR count). The van der Waals surface area contributed by atoms with E-state index in [2.05, 4.69) is 5.32 Å². The van der Waals surface area contributed by atoms with Gasteiger partial charge in [0.25, 0.3) is 0 Å². The third kappa shape index (κ3) is 4.28. The van der Waals surface area contributed by atoms with Crippen molar-refractivity contribution in [2.45, 2.75) is 29.7 Å². The van der Waals surface area contributed by atoms with Gasteiger partial charge in [-0.1, -0.05) is 41.4 Å². The van der Waals surface area contributed by atoms with Gasteiger partial charge in [-0.25, -0.2) is 16.8 Å². The molecule has 0 aliphatic carbocycles. The second-order valence-electron chi connectivity index (χ2n) is 6.59. The molecule has 2 atom stereocenters. The second kappa shape index (κ2) is 7.31. The summed E-state index contributed by atoms with van der Waals surface area (Å²) in [5.41, 5.74) is 1.85. The lowest BCUT2D eigenvalue weighted by Crippen LogP contribution is -2.43. The van der Waals surface area contributed by atoms with Gasteiger partial charge in [0.15, 0.2) is 19.7 Å². The molecule has 0 amide bonds. The highest BCUT2D eigenvalue weighted by molar-refractivity contribution is 7.96. The molecule has 1 aliphatic heterocycles. The standard InChI is InChI=1S/C18H20ClNO4S2/c1-13-2-8-16(9-3-13)26(23,24)18-12-25(21,22)11-17(18)20-10-14-4-6-15(19)7-5-14/h2-9,17-18,20H,10-12H2,1H3/t17-,18-/m0/s1. The van der Waals surface area contributed by atoms with E-state index in [1.807, 2.05) is 19.1 Å². The van der Waals surface area contributed by atoms with Crippen LogP contribution in [0.1, 0.15) is 11.1 Å². The topological polar surface area (TPSA) is 80.3 Å². The summed E-state index contributed by atoms with van der Waals surface area (Å²) in [6.07, 6.45) is 0. The Morgan fingerprint density at radius 2 is 1.65 bits per heavy atom. The number of rotatable bonds is 5. The van der Waals surface area contributed by atoms with Gasteiger partial charge in [-0.15, -0.1) is 0 Å². The van der Waals surface area contributed by atoms with Gasteiger partial charge in [0.2, 0.25) is 0 Å². The molecule has 1 saturated heterocycles. The summed E-state index contributed by atoms with van der Waals surface area (Å²) >= 11 is 5.86. The van der Waals surface area contributed by atoms with Gasteiger partial charge in [-0.05, 0) is 36.8 Å². The number of sulfone groups is 2. The lowest BCUT2D eigenvalue weighted by molar-refractivity contribution is 0.526. The molecule has 2 aromatic rings. The van der Waals surface area contributed by atoms with Crippen LogP contribution in [0.15, 0.2) is 53.4 Å². The molecule has 1 fully saturated rings. The van der Waals surface area contributed by atoms with Crippen LogP contribution in [0.4, 0.5) is 0 Å². The van der Waals surface area contributed by atoms with Gasteiger partial charge in [0.1, 0.15) is 0 Å². The highest BCUT2D eigenvalue weighted by atomic mass is 35.5. The van der Waals surface area contributed by atoms with E-state index in [4.69, 9.17) is 11.6 Å². The first-order valence-electron chi connectivity index (χ1n) is 8.16. The number of halogens is 1. The van der Waals surface area contributed by atoms with Crippen LogP contribution in [0.25, 0.3) is 0 Å². The minimum absolute atomic E-state index is 0.156. The number of benzene rings is 2. The minimum atomic E-state index is -3.75. The van der Waals surface area contributed by atoms with E-state index >= 15 is 0 Å². The largest absolute Gasteiger partial charge is 0.308 e. The van der Waals surface area contributed by atoms with Crippen LogP contribution in [0.3, 0.4) is 0 Å². The fourth-order valence-electron chi connectivity index (χ4n) is 3.07. The summed E-state index contributed by atoms with van der Waals surface area (Å²) < 4.78 is 50.2. The van der Waals surface area contributed by atoms with Crippen LogP contribution < -0.4 is 5.32 Å². The highest BCUT2D eigenvalue weighted by Crippen LogP contribution is 2.26. The molecular weight excluding hydrogens is 394 g/mol. The fourth-order valence-corrected chi connectivity index (χ4v) is 7.91. The van der Waals surface area contributed by atoms with E-state index in [-0.39, 0.29) is 16.4 Å². The second-order valence-corrected chi connectivity index (χ2v) is 11.3. The Bertz CT molecular complexity index is 984. The van der Waals surface area contributed by atoms with E-state index in [1.54, 1.807) is 24.3 Å². The van der Waals surface area contributed by atoms with Gasteiger partial charge >= 0.3 is 0 Å². The van der Waals surface area contributed by atoms with Gasteiger partial charge in [-0.2, -0.15) is 0 Å². The van der Waals surface area contributed by atoms with Crippen molar-refractivity contribution >= 4 is 31.3 Å². The summed E-state index contributed by atoms with van der Waals surface area (Å²) in [6, 6.07) is 13.0. The Morgan fingerprint density at radius 1 is 1.04 bits per heavy atom. The number of nitrogens with one attached hydrogen (secondary N) is 1. The molecule has 140 valence electrons. The molecule has 0 spiro atoms. The average molecular weight is 414 g/mol. The normalized spacial score (nSPS) is 22.4. The van der Waals surface area contributed by atoms with E-state index in [9.17, 15) is 16.8 Å². The van der Waals surface area contributed by atoms with Gasteiger partial charge in [0.05, 0.1) is 21.7 Å². The lowest BCUT2D eigenvalue weighted by atomic mass is 10.2. The first-order valence-corrected chi connectivity index (χ1v) is 11.9. The number of hydrogen-bond donors (Lipinski definition) is 1. The van der Waals surface area contributed by atoms with Gasteiger partial charge in [0, 0.05) is 17.6 Å². The Balaban J connectivity index is 1.83. The zero-order valence-electron chi connectivity index (χ0n) is 14.2. The van der Waals surface area contributed by atoms with Crippen LogP contribution in [0.5, 0.6) is 0 Å². The molecule has 0 bridgehead atoms. The molecule has 0 unspecified atom stereocenters. The average Bonchev–Trinajstić information content (AvgIpc) is 2.90. The predicted molar refractivity (Wildman–Crippen MR) is 103 cm³/mol. The van der Waals surface area contributed by atoms with Crippen LogP contribution in [-0.4, -0.2) is 39.6 Å². The Kier molecular flexibility index (Phi) is 5.44. The maximum Gasteiger partial charge on any atom is 0.183 e. The van der Waals surface area contributed by atoms with Crippen molar-refractivity contribution in [3.8, 4) is 0 Å². The van der Waals surface area contributed by atoms with E-state index in [0.29, 0.717) is 11.6 Å². The summed E-state index contributed by atoms with van der Waals surface area (Å²) in [7, 11) is -7.17. The molecule has 26 heavy (non-hydrogen) atoms. The quantitative estimate of drug-likeness (QED) is 0.813. The van der Waals surface area contributed by atoms with Gasteiger partial charge in [-0.3, -0.25) is 0 Å². The number of aryl methyl sites for hydroxylation is 1. The van der Waals surface area contributed by atoms with E-state index in [1.165, 1.54) is 12.1 Å². The third-order valence-corrected chi connectivity index (χ3v) is 8.95. The first-order chi connectivity index (χ1) is 12.2. The third-order valence-electron chi connectivity index (χ3n) is 4.53. The fraction of sp³-hybridized carbons (Fsp3) is 0.333. The van der Waals surface area contributed by atoms with Crippen molar-refractivity contribution < 1.29 is 16.8 Å². The van der Waals surface area contributed by atoms with Crippen LogP contribution in [0.2, 0.25) is 5.02 Å². The predicted octanol–water partition coefficient (Wildman–Crippen LogP) is 2.38. The van der Waals surface area contributed by atoms with E-state index in [0.717, 1.165) is 11.1 Å². The minimum Gasteiger partial charge on any atom is -0.308 e. The monoisotopic (exact) mass is 413 g/mol. The molecule has 1 N–H and O–H groups in total. The summed E-state index contributed by atoms with van der Waals surface area (Å²) in [4.78, 5) is 0.156. The molecule has 0 aromatic heterocycles. The maximum atomic E-state index is 13.0. The zero-order chi connectivity index (χ0) is 18.9. The van der Waals surface area contributed by atoms with Crippen molar-refractivity contribution in [2.75, 3.05) is 11.5 Å². The van der Waals surface area contributed by atoms with Crippen LogP contribution in [0, 0.1) is 6.92 Å². The molecule has 0 saturated carbocycles. The molecule has 0 radical (unpaired) electrons. The van der Waals surface area contributed by atoms with Gasteiger partial charge < -0.3 is 5.32 Å². The van der Waals surface area contributed by atoms with Crippen molar-refractivity contribution in [1.29, 1.82) is 0 Å². The van der Waals surface area contributed by atoms with Crippen molar-refractivity contribution in [2.24, 2.45) is 0 Å². The highest BCUT2D eigenvalue weighted by Gasteiger charge is 2.45. The molecule has 2 aromatic carbocycles. The SMILES string of the molecule is Cc1ccc(S(=O)(=O)[C@H]2CS(=O)(=O)C[C@@H]2NCc2ccc(Cl)cc2)cc1. The Morgan fingerprint density at radius 3 is 2.27 bits per heavy atom. The molecule has 1 aliphatic rings. The summed E-state index contributed by atoms with van der Waals surface area (Å²) in [5.74, 6) is -0.544. The Hall–Kier alpha value is -1.41. The summed E-state index contributed by atoms with van der Waals surface area (Å²) in [5, 5.41) is 2.72. The lowest BCUT2D eigenvalue weighted by Gasteiger charge is -2.20.